The summed E-state index contributed by atoms with van der Waals surface area (Å²) in [6.07, 6.45) is 0.940. The molecule has 0 atom stereocenters. The Morgan fingerprint density at radius 3 is 2.52 bits per heavy atom. The van der Waals surface area contributed by atoms with Crippen molar-refractivity contribution in [2.75, 3.05) is 5.32 Å². The Bertz CT molecular complexity index is 546. The quantitative estimate of drug-likeness (QED) is 0.704. The molecule has 21 heavy (non-hydrogen) atoms. The minimum atomic E-state index is -0.899. The summed E-state index contributed by atoms with van der Waals surface area (Å²) in [5, 5.41) is 13.7. The van der Waals surface area contributed by atoms with Crippen LogP contribution in [0.3, 0.4) is 0 Å². The second kappa shape index (κ2) is 8.26. The summed E-state index contributed by atoms with van der Waals surface area (Å²) in [6.45, 7) is 1.76. The van der Waals surface area contributed by atoms with Crippen molar-refractivity contribution in [1.29, 1.82) is 0 Å². The topological polar surface area (TPSA) is 95.5 Å². The van der Waals surface area contributed by atoms with Gasteiger partial charge in [-0.25, -0.2) is 4.79 Å². The molecule has 0 radical (unpaired) electrons. The Hall–Kier alpha value is -2.08. The van der Waals surface area contributed by atoms with Crippen LogP contribution in [-0.2, 0) is 9.59 Å². The van der Waals surface area contributed by atoms with E-state index in [1.807, 2.05) is 0 Å². The number of anilines is 1. The molecule has 1 aromatic rings. The maximum Gasteiger partial charge on any atom is 0.325 e. The van der Waals surface area contributed by atoms with Crippen LogP contribution >= 0.6 is 11.6 Å². The highest BCUT2D eigenvalue weighted by Crippen LogP contribution is 2.22. The van der Waals surface area contributed by atoms with Crippen molar-refractivity contribution < 1.29 is 19.5 Å². The van der Waals surface area contributed by atoms with Gasteiger partial charge in [0.05, 0.1) is 0 Å². The van der Waals surface area contributed by atoms with Gasteiger partial charge >= 0.3 is 12.0 Å². The number of carbonyl (C=O) groups excluding carboxylic acids is 2. The van der Waals surface area contributed by atoms with Crippen molar-refractivity contribution in [3.05, 3.63) is 28.8 Å². The van der Waals surface area contributed by atoms with Crippen LogP contribution in [0.25, 0.3) is 0 Å². The summed E-state index contributed by atoms with van der Waals surface area (Å²) < 4.78 is 0. The van der Waals surface area contributed by atoms with Crippen LogP contribution < -0.4 is 10.6 Å². The molecule has 6 nitrogen and oxygen atoms in total. The summed E-state index contributed by atoms with van der Waals surface area (Å²) in [5.41, 5.74) is 1.24. The molecule has 3 N–H and O–H groups in total. The predicted octanol–water partition coefficient (Wildman–Crippen LogP) is 2.94. The second-order valence-corrected chi connectivity index (χ2v) is 4.92. The van der Waals surface area contributed by atoms with Crippen LogP contribution in [0.1, 0.15) is 31.2 Å². The number of aliphatic carboxylic acids is 1. The number of hydrogen-bond acceptors (Lipinski definition) is 3. The van der Waals surface area contributed by atoms with Crippen molar-refractivity contribution >= 4 is 35.2 Å². The molecule has 0 spiro atoms. The summed E-state index contributed by atoms with van der Waals surface area (Å²) in [6, 6.07) is 4.44. The lowest BCUT2D eigenvalue weighted by atomic mass is 10.2. The minimum Gasteiger partial charge on any atom is -0.481 e. The number of halogens is 1. The number of nitrogens with one attached hydrogen (secondary N) is 2. The Balaban J connectivity index is 2.38. The smallest absolute Gasteiger partial charge is 0.325 e. The zero-order valence-corrected chi connectivity index (χ0v) is 12.4. The van der Waals surface area contributed by atoms with E-state index in [2.05, 4.69) is 10.6 Å². The van der Waals surface area contributed by atoms with Crippen molar-refractivity contribution in [2.24, 2.45) is 0 Å². The van der Waals surface area contributed by atoms with Gasteiger partial charge in [0.15, 0.2) is 0 Å². The first-order chi connectivity index (χ1) is 9.90. The number of imide groups is 1. The number of amides is 3. The number of rotatable bonds is 6. The molecule has 114 valence electrons. The Morgan fingerprint density at radius 1 is 1.19 bits per heavy atom. The second-order valence-electron chi connectivity index (χ2n) is 4.52. The average Bonchev–Trinajstić information content (AvgIpc) is 2.40. The number of carbonyl (C=O) groups is 3. The molecular formula is C14H17ClN2O4. The van der Waals surface area contributed by atoms with Crippen LogP contribution in [0.4, 0.5) is 10.5 Å². The molecule has 0 fully saturated rings. The molecule has 0 saturated heterocycles. The number of urea groups is 1. The van der Waals surface area contributed by atoms with E-state index >= 15 is 0 Å². The van der Waals surface area contributed by atoms with Gasteiger partial charge in [-0.15, -0.1) is 0 Å². The molecule has 0 heterocycles. The number of unbranched alkanes of at least 4 members (excludes halogenated alkanes) is 1. The monoisotopic (exact) mass is 312 g/mol. The van der Waals surface area contributed by atoms with Crippen molar-refractivity contribution in [1.82, 2.24) is 5.32 Å². The van der Waals surface area contributed by atoms with Gasteiger partial charge in [-0.1, -0.05) is 17.7 Å². The number of carboxylic acid groups (broad SMARTS) is 1. The third-order valence-electron chi connectivity index (χ3n) is 2.81. The molecule has 0 aliphatic carbocycles. The summed E-state index contributed by atoms with van der Waals surface area (Å²) in [4.78, 5) is 33.5. The molecule has 0 aliphatic heterocycles. The lowest BCUT2D eigenvalue weighted by Gasteiger charge is -2.10. The molecule has 0 bridgehead atoms. The highest BCUT2D eigenvalue weighted by atomic mass is 35.5. The van der Waals surface area contributed by atoms with Crippen LogP contribution in [0, 0.1) is 6.92 Å². The van der Waals surface area contributed by atoms with E-state index in [4.69, 9.17) is 16.7 Å². The van der Waals surface area contributed by atoms with Gasteiger partial charge in [0.25, 0.3) is 0 Å². The number of carboxylic acids is 1. The van der Waals surface area contributed by atoms with Gasteiger partial charge in [-0.05, 0) is 37.5 Å². The van der Waals surface area contributed by atoms with E-state index in [-0.39, 0.29) is 12.8 Å². The first-order valence-electron chi connectivity index (χ1n) is 6.48. The fourth-order valence-corrected chi connectivity index (χ4v) is 1.82. The van der Waals surface area contributed by atoms with Crippen LogP contribution in [0.2, 0.25) is 5.02 Å². The van der Waals surface area contributed by atoms with Crippen LogP contribution in [0.15, 0.2) is 18.2 Å². The molecule has 0 aliphatic rings. The predicted molar refractivity (Wildman–Crippen MR) is 79.5 cm³/mol. The first kappa shape index (κ1) is 17.0. The van der Waals surface area contributed by atoms with Gasteiger partial charge in [-0.3, -0.25) is 14.9 Å². The summed E-state index contributed by atoms with van der Waals surface area (Å²) in [7, 11) is 0. The first-order valence-corrected chi connectivity index (χ1v) is 6.85. The molecule has 1 aromatic carbocycles. The van der Waals surface area contributed by atoms with Gasteiger partial charge < -0.3 is 10.4 Å². The van der Waals surface area contributed by atoms with E-state index in [1.165, 1.54) is 0 Å². The average molecular weight is 313 g/mol. The molecule has 7 heteroatoms. The van der Waals surface area contributed by atoms with Crippen molar-refractivity contribution in [3.63, 3.8) is 0 Å². The van der Waals surface area contributed by atoms with Crippen LogP contribution in [0.5, 0.6) is 0 Å². The van der Waals surface area contributed by atoms with Gasteiger partial charge in [-0.2, -0.15) is 0 Å². The highest BCUT2D eigenvalue weighted by molar-refractivity contribution is 6.31. The number of benzene rings is 1. The molecule has 1 rings (SSSR count). The zero-order valence-electron chi connectivity index (χ0n) is 11.6. The van der Waals surface area contributed by atoms with E-state index in [0.29, 0.717) is 29.1 Å². The molecule has 0 saturated carbocycles. The number of hydrogen-bond donors (Lipinski definition) is 3. The Kier molecular flexibility index (Phi) is 6.68. The van der Waals surface area contributed by atoms with Gasteiger partial charge in [0.2, 0.25) is 5.91 Å². The van der Waals surface area contributed by atoms with Crippen molar-refractivity contribution in [3.8, 4) is 0 Å². The van der Waals surface area contributed by atoms with E-state index in [0.717, 1.165) is 0 Å². The third-order valence-corrected chi connectivity index (χ3v) is 3.22. The van der Waals surface area contributed by atoms with E-state index < -0.39 is 17.9 Å². The summed E-state index contributed by atoms with van der Waals surface area (Å²) in [5.74, 6) is -1.35. The normalized spacial score (nSPS) is 10.0. The molecular weight excluding hydrogens is 296 g/mol. The van der Waals surface area contributed by atoms with Crippen LogP contribution in [-0.4, -0.2) is 23.0 Å². The van der Waals surface area contributed by atoms with E-state index in [9.17, 15) is 14.4 Å². The standard InChI is InChI=1S/C14H17ClN2O4/c1-9-10(15)5-4-6-11(9)16-14(21)17-12(18)7-2-3-8-13(19)20/h4-6H,2-3,7-8H2,1H3,(H,19,20)(H2,16,17,18,21). The zero-order chi connectivity index (χ0) is 15.8. The van der Waals surface area contributed by atoms with Gasteiger partial charge in [0, 0.05) is 23.6 Å². The van der Waals surface area contributed by atoms with Gasteiger partial charge in [0.1, 0.15) is 0 Å². The van der Waals surface area contributed by atoms with Crippen molar-refractivity contribution in [2.45, 2.75) is 32.6 Å². The third kappa shape index (κ3) is 6.27. The fourth-order valence-electron chi connectivity index (χ4n) is 1.65. The molecule has 0 unspecified atom stereocenters. The fraction of sp³-hybridized carbons (Fsp3) is 0.357. The SMILES string of the molecule is Cc1c(Cl)cccc1NC(=O)NC(=O)CCCCC(=O)O. The minimum absolute atomic E-state index is 0.0151. The lowest BCUT2D eigenvalue weighted by molar-refractivity contribution is -0.137. The maximum atomic E-state index is 11.6. The Morgan fingerprint density at radius 2 is 1.86 bits per heavy atom. The van der Waals surface area contributed by atoms with E-state index in [1.54, 1.807) is 25.1 Å². The molecule has 0 aromatic heterocycles. The highest BCUT2D eigenvalue weighted by Gasteiger charge is 2.10. The maximum absolute atomic E-state index is 11.6. The Labute approximate surface area is 127 Å². The molecule has 3 amide bonds. The summed E-state index contributed by atoms with van der Waals surface area (Å²) >= 11 is 5.93. The lowest BCUT2D eigenvalue weighted by Crippen LogP contribution is -2.34. The largest absolute Gasteiger partial charge is 0.481 e.